The number of phenols is 1. The quantitative estimate of drug-likeness (QED) is 0.561. The van der Waals surface area contributed by atoms with E-state index in [1.807, 2.05) is 6.07 Å². The SMILES string of the molecule is N#Cc1cnn(-c2ccc(NC(=O)Cc3cc(O)ccc3Cl)cc2S(N)(=O)=O)c1. The molecule has 0 aliphatic heterocycles. The van der Waals surface area contributed by atoms with Gasteiger partial charge in [-0.3, -0.25) is 4.79 Å². The molecule has 0 spiro atoms. The number of nitrogens with two attached hydrogens (primary N) is 1. The number of amides is 1. The highest BCUT2D eigenvalue weighted by Gasteiger charge is 2.18. The van der Waals surface area contributed by atoms with E-state index >= 15 is 0 Å². The Hall–Kier alpha value is -3.39. The summed E-state index contributed by atoms with van der Waals surface area (Å²) in [6.07, 6.45) is 2.50. The number of halogens is 1. The van der Waals surface area contributed by atoms with Crippen LogP contribution in [0.2, 0.25) is 5.02 Å². The van der Waals surface area contributed by atoms with Crippen LogP contribution >= 0.6 is 11.6 Å². The van der Waals surface area contributed by atoms with Gasteiger partial charge in [0.2, 0.25) is 15.9 Å². The summed E-state index contributed by atoms with van der Waals surface area (Å²) in [6, 6.07) is 10.2. The summed E-state index contributed by atoms with van der Waals surface area (Å²) in [5, 5.41) is 30.6. The van der Waals surface area contributed by atoms with Gasteiger partial charge in [0.05, 0.1) is 23.9 Å². The highest BCUT2D eigenvalue weighted by molar-refractivity contribution is 7.89. The van der Waals surface area contributed by atoms with Gasteiger partial charge < -0.3 is 10.4 Å². The molecule has 0 bridgehead atoms. The van der Waals surface area contributed by atoms with Crippen LogP contribution in [0.5, 0.6) is 5.75 Å². The zero-order valence-electron chi connectivity index (χ0n) is 14.7. The molecule has 1 heterocycles. The summed E-state index contributed by atoms with van der Waals surface area (Å²) in [5.41, 5.74) is 0.966. The van der Waals surface area contributed by atoms with Crippen molar-refractivity contribution in [1.82, 2.24) is 9.78 Å². The second-order valence-corrected chi connectivity index (χ2v) is 7.95. The molecule has 0 fully saturated rings. The van der Waals surface area contributed by atoms with E-state index in [0.29, 0.717) is 10.6 Å². The Morgan fingerprint density at radius 2 is 2.07 bits per heavy atom. The minimum absolute atomic E-state index is 0.0333. The first-order valence-electron chi connectivity index (χ1n) is 8.06. The molecule has 0 aliphatic rings. The molecule has 0 saturated carbocycles. The number of rotatable bonds is 5. The van der Waals surface area contributed by atoms with Crippen LogP contribution in [0, 0.1) is 11.3 Å². The molecule has 0 atom stereocenters. The van der Waals surface area contributed by atoms with Crippen molar-refractivity contribution < 1.29 is 18.3 Å². The fraction of sp³-hybridized carbons (Fsp3) is 0.0556. The first-order chi connectivity index (χ1) is 13.7. The molecule has 0 saturated heterocycles. The molecule has 1 amide bonds. The molecular formula is C18H14ClN5O4S. The van der Waals surface area contributed by atoms with Crippen LogP contribution in [0.15, 0.2) is 53.7 Å². The standard InChI is InChI=1S/C18H14ClN5O4S/c19-15-3-2-14(25)5-12(15)6-18(26)23-13-1-4-16(17(7-13)29(21,27)28)24-10-11(8-20)9-22-24/h1-5,7,9-10,25H,6H2,(H,23,26)(H2,21,27,28). The zero-order chi connectivity index (χ0) is 21.2. The van der Waals surface area contributed by atoms with Crippen LogP contribution in [-0.2, 0) is 21.2 Å². The third-order valence-electron chi connectivity index (χ3n) is 3.89. The van der Waals surface area contributed by atoms with Crippen LogP contribution in [0.3, 0.4) is 0 Å². The number of hydrogen-bond donors (Lipinski definition) is 3. The zero-order valence-corrected chi connectivity index (χ0v) is 16.3. The number of benzene rings is 2. The molecule has 4 N–H and O–H groups in total. The lowest BCUT2D eigenvalue weighted by atomic mass is 10.1. The van der Waals surface area contributed by atoms with E-state index in [1.54, 1.807) is 0 Å². The van der Waals surface area contributed by atoms with Gasteiger partial charge in [-0.25, -0.2) is 18.2 Å². The van der Waals surface area contributed by atoms with E-state index in [-0.39, 0.29) is 34.0 Å². The average molecular weight is 432 g/mol. The van der Waals surface area contributed by atoms with Gasteiger partial charge in [-0.05, 0) is 42.0 Å². The summed E-state index contributed by atoms with van der Waals surface area (Å²) in [6.45, 7) is 0. The number of nitrogens with one attached hydrogen (secondary N) is 1. The topological polar surface area (TPSA) is 151 Å². The lowest BCUT2D eigenvalue weighted by molar-refractivity contribution is -0.115. The van der Waals surface area contributed by atoms with Gasteiger partial charge in [-0.2, -0.15) is 10.4 Å². The summed E-state index contributed by atoms with van der Waals surface area (Å²) in [4.78, 5) is 12.0. The Morgan fingerprint density at radius 1 is 1.31 bits per heavy atom. The summed E-state index contributed by atoms with van der Waals surface area (Å²) >= 11 is 6.01. The second kappa shape index (κ2) is 7.92. The van der Waals surface area contributed by atoms with Gasteiger partial charge in [0, 0.05) is 16.9 Å². The Kier molecular flexibility index (Phi) is 5.56. The maximum Gasteiger partial charge on any atom is 0.240 e. The predicted molar refractivity (Wildman–Crippen MR) is 105 cm³/mol. The number of carbonyl (C=O) groups excluding carboxylic acids is 1. The molecule has 0 aliphatic carbocycles. The third kappa shape index (κ3) is 4.72. The molecule has 0 radical (unpaired) electrons. The van der Waals surface area contributed by atoms with E-state index in [1.165, 1.54) is 53.5 Å². The number of aromatic nitrogens is 2. The van der Waals surface area contributed by atoms with Crippen molar-refractivity contribution in [3.63, 3.8) is 0 Å². The average Bonchev–Trinajstić information content (AvgIpc) is 3.13. The lowest BCUT2D eigenvalue weighted by Gasteiger charge is -2.12. The molecule has 148 valence electrons. The smallest absolute Gasteiger partial charge is 0.240 e. The largest absolute Gasteiger partial charge is 0.508 e. The first-order valence-corrected chi connectivity index (χ1v) is 9.99. The van der Waals surface area contributed by atoms with Crippen LogP contribution in [0.4, 0.5) is 5.69 Å². The maximum absolute atomic E-state index is 12.3. The van der Waals surface area contributed by atoms with E-state index in [2.05, 4.69) is 10.4 Å². The fourth-order valence-corrected chi connectivity index (χ4v) is 3.52. The highest BCUT2D eigenvalue weighted by Crippen LogP contribution is 2.25. The minimum atomic E-state index is -4.16. The minimum Gasteiger partial charge on any atom is -0.508 e. The van der Waals surface area contributed by atoms with Crippen LogP contribution in [0.1, 0.15) is 11.1 Å². The van der Waals surface area contributed by atoms with E-state index < -0.39 is 15.9 Å². The van der Waals surface area contributed by atoms with Crippen molar-refractivity contribution >= 4 is 33.2 Å². The number of phenolic OH excluding ortho intramolecular Hbond substituents is 1. The van der Waals surface area contributed by atoms with Crippen molar-refractivity contribution in [2.75, 3.05) is 5.32 Å². The van der Waals surface area contributed by atoms with Gasteiger partial charge in [0.15, 0.2) is 0 Å². The molecule has 29 heavy (non-hydrogen) atoms. The van der Waals surface area contributed by atoms with Crippen molar-refractivity contribution in [1.29, 1.82) is 5.26 Å². The molecular weight excluding hydrogens is 418 g/mol. The summed E-state index contributed by atoms with van der Waals surface area (Å²) in [5.74, 6) is -0.509. The highest BCUT2D eigenvalue weighted by atomic mass is 35.5. The molecule has 11 heteroatoms. The monoisotopic (exact) mass is 431 g/mol. The van der Waals surface area contributed by atoms with Gasteiger partial charge in [0.25, 0.3) is 0 Å². The van der Waals surface area contributed by atoms with Gasteiger partial charge >= 0.3 is 0 Å². The molecule has 0 unspecified atom stereocenters. The summed E-state index contributed by atoms with van der Waals surface area (Å²) < 4.78 is 25.3. The maximum atomic E-state index is 12.3. The number of primary sulfonamides is 1. The first kappa shape index (κ1) is 20.3. The number of nitrogens with zero attached hydrogens (tertiary/aromatic N) is 3. The Labute approximate surface area is 171 Å². The molecule has 1 aromatic heterocycles. The van der Waals surface area contributed by atoms with Crippen molar-refractivity contribution in [3.8, 4) is 17.5 Å². The number of aromatic hydroxyl groups is 1. The van der Waals surface area contributed by atoms with Crippen molar-refractivity contribution in [2.45, 2.75) is 11.3 Å². The van der Waals surface area contributed by atoms with E-state index in [9.17, 15) is 18.3 Å². The Morgan fingerprint density at radius 3 is 2.72 bits per heavy atom. The van der Waals surface area contributed by atoms with Crippen LogP contribution in [0.25, 0.3) is 5.69 Å². The normalized spacial score (nSPS) is 11.1. The fourth-order valence-electron chi connectivity index (χ4n) is 2.60. The van der Waals surface area contributed by atoms with E-state index in [0.717, 1.165) is 0 Å². The van der Waals surface area contributed by atoms with Gasteiger partial charge in [0.1, 0.15) is 16.7 Å². The van der Waals surface area contributed by atoms with Crippen LogP contribution in [-0.4, -0.2) is 29.2 Å². The number of anilines is 1. The van der Waals surface area contributed by atoms with Crippen molar-refractivity contribution in [3.05, 3.63) is 64.9 Å². The predicted octanol–water partition coefficient (Wildman–Crippen LogP) is 1.93. The lowest BCUT2D eigenvalue weighted by Crippen LogP contribution is -2.18. The molecule has 3 aromatic rings. The number of carbonyl (C=O) groups is 1. The number of hydrogen-bond acceptors (Lipinski definition) is 6. The van der Waals surface area contributed by atoms with Gasteiger partial charge in [-0.1, -0.05) is 11.6 Å². The Balaban J connectivity index is 1.90. The number of sulfonamides is 1. The number of nitriles is 1. The Bertz CT molecular complexity index is 1250. The van der Waals surface area contributed by atoms with Crippen LogP contribution < -0.4 is 10.5 Å². The molecule has 9 nitrogen and oxygen atoms in total. The second-order valence-electron chi connectivity index (χ2n) is 6.01. The molecule has 3 rings (SSSR count). The van der Waals surface area contributed by atoms with E-state index in [4.69, 9.17) is 22.0 Å². The molecule has 2 aromatic carbocycles. The van der Waals surface area contributed by atoms with Gasteiger partial charge in [-0.15, -0.1) is 0 Å². The summed E-state index contributed by atoms with van der Waals surface area (Å²) in [7, 11) is -4.16. The van der Waals surface area contributed by atoms with Crippen molar-refractivity contribution in [2.24, 2.45) is 5.14 Å². The third-order valence-corrected chi connectivity index (χ3v) is 5.20.